The molecule has 0 bridgehead atoms. The minimum absolute atomic E-state index is 0.269. The highest BCUT2D eigenvalue weighted by atomic mass is 32.2. The first kappa shape index (κ1) is 16.2. The predicted molar refractivity (Wildman–Crippen MR) is 84.0 cm³/mol. The first-order valence-corrected chi connectivity index (χ1v) is 7.89. The molecule has 0 atom stereocenters. The molecule has 1 fully saturated rings. The number of carboxylic acids is 1. The minimum atomic E-state index is -1.23. The van der Waals surface area contributed by atoms with E-state index in [0.717, 1.165) is 0 Å². The van der Waals surface area contributed by atoms with Crippen molar-refractivity contribution in [2.75, 3.05) is 16.8 Å². The Morgan fingerprint density at radius 3 is 2.50 bits per heavy atom. The standard InChI is InChI=1S/C14H17N3O4S/c15-13(21)16-10-3-1-2-9(8-10)11(18)17-14(12(19)20)4-6-22-7-5-14/h1-3,8H,4-7H2,(H,17,18)(H,19,20)(H3,15,16,21). The third-order valence-electron chi connectivity index (χ3n) is 3.50. The van der Waals surface area contributed by atoms with E-state index in [0.29, 0.717) is 30.0 Å². The number of carbonyl (C=O) groups is 3. The Kier molecular flexibility index (Phi) is 4.92. The van der Waals surface area contributed by atoms with E-state index in [2.05, 4.69) is 10.6 Å². The Hall–Kier alpha value is -2.22. The predicted octanol–water partition coefficient (Wildman–Crippen LogP) is 1.26. The average molecular weight is 323 g/mol. The second-order valence-corrected chi connectivity index (χ2v) is 6.25. The molecule has 0 spiro atoms. The summed E-state index contributed by atoms with van der Waals surface area (Å²) < 4.78 is 0. The second-order valence-electron chi connectivity index (χ2n) is 5.02. The first-order valence-electron chi connectivity index (χ1n) is 6.73. The number of benzene rings is 1. The number of urea groups is 1. The van der Waals surface area contributed by atoms with Crippen LogP contribution in [0.3, 0.4) is 0 Å². The summed E-state index contributed by atoms with van der Waals surface area (Å²) in [5, 5.41) is 14.5. The molecule has 5 N–H and O–H groups in total. The van der Waals surface area contributed by atoms with Gasteiger partial charge in [0.15, 0.2) is 0 Å². The number of carboxylic acid groups (broad SMARTS) is 1. The van der Waals surface area contributed by atoms with Gasteiger partial charge in [0, 0.05) is 11.3 Å². The Morgan fingerprint density at radius 1 is 1.23 bits per heavy atom. The highest BCUT2D eigenvalue weighted by molar-refractivity contribution is 7.99. The van der Waals surface area contributed by atoms with Crippen molar-refractivity contribution in [2.45, 2.75) is 18.4 Å². The van der Waals surface area contributed by atoms with Crippen molar-refractivity contribution in [1.29, 1.82) is 0 Å². The second kappa shape index (κ2) is 6.69. The molecule has 1 saturated heterocycles. The topological polar surface area (TPSA) is 122 Å². The summed E-state index contributed by atoms with van der Waals surface area (Å²) in [7, 11) is 0. The maximum atomic E-state index is 12.3. The maximum absolute atomic E-state index is 12.3. The fourth-order valence-corrected chi connectivity index (χ4v) is 3.47. The van der Waals surface area contributed by atoms with Crippen molar-refractivity contribution in [3.05, 3.63) is 29.8 Å². The van der Waals surface area contributed by atoms with Gasteiger partial charge in [0.1, 0.15) is 5.54 Å². The van der Waals surface area contributed by atoms with E-state index in [1.54, 1.807) is 30.0 Å². The smallest absolute Gasteiger partial charge is 0.329 e. The van der Waals surface area contributed by atoms with Gasteiger partial charge in [0.2, 0.25) is 0 Å². The molecular weight excluding hydrogens is 306 g/mol. The first-order chi connectivity index (χ1) is 10.4. The lowest BCUT2D eigenvalue weighted by Gasteiger charge is -2.33. The van der Waals surface area contributed by atoms with Crippen LogP contribution in [0.25, 0.3) is 0 Å². The summed E-state index contributed by atoms with van der Waals surface area (Å²) in [5.41, 5.74) is 4.45. The van der Waals surface area contributed by atoms with E-state index in [1.807, 2.05) is 0 Å². The summed E-state index contributed by atoms with van der Waals surface area (Å²) in [4.78, 5) is 34.7. The number of thioether (sulfide) groups is 1. The van der Waals surface area contributed by atoms with Crippen LogP contribution in [0.2, 0.25) is 0 Å². The van der Waals surface area contributed by atoms with Crippen LogP contribution >= 0.6 is 11.8 Å². The Labute approximate surface area is 131 Å². The van der Waals surface area contributed by atoms with Crippen LogP contribution in [-0.2, 0) is 4.79 Å². The summed E-state index contributed by atoms with van der Waals surface area (Å²) in [6.07, 6.45) is 0.774. The Morgan fingerprint density at radius 2 is 1.91 bits per heavy atom. The zero-order chi connectivity index (χ0) is 16.2. The molecule has 1 aliphatic rings. The van der Waals surface area contributed by atoms with Crippen LogP contribution in [-0.4, -0.2) is 40.1 Å². The molecule has 1 aliphatic heterocycles. The van der Waals surface area contributed by atoms with Gasteiger partial charge in [0.05, 0.1) is 0 Å². The lowest BCUT2D eigenvalue weighted by Crippen LogP contribution is -2.56. The SMILES string of the molecule is NC(=O)Nc1cccc(C(=O)NC2(C(=O)O)CCSCC2)c1. The van der Waals surface area contributed by atoms with Crippen LogP contribution in [0.4, 0.5) is 10.5 Å². The number of carbonyl (C=O) groups excluding carboxylic acids is 2. The lowest BCUT2D eigenvalue weighted by atomic mass is 9.92. The molecule has 8 heteroatoms. The highest BCUT2D eigenvalue weighted by Crippen LogP contribution is 2.28. The van der Waals surface area contributed by atoms with Crippen molar-refractivity contribution in [3.8, 4) is 0 Å². The van der Waals surface area contributed by atoms with Crippen molar-refractivity contribution in [1.82, 2.24) is 5.32 Å². The average Bonchev–Trinajstić information content (AvgIpc) is 2.47. The number of amides is 3. The summed E-state index contributed by atoms with van der Waals surface area (Å²) in [6.45, 7) is 0. The molecule has 7 nitrogen and oxygen atoms in total. The highest BCUT2D eigenvalue weighted by Gasteiger charge is 2.41. The van der Waals surface area contributed by atoms with Gasteiger partial charge < -0.3 is 21.5 Å². The van der Waals surface area contributed by atoms with Gasteiger partial charge in [-0.2, -0.15) is 11.8 Å². The molecule has 0 aromatic heterocycles. The molecule has 0 aliphatic carbocycles. The van der Waals surface area contributed by atoms with Gasteiger partial charge in [0.25, 0.3) is 5.91 Å². The van der Waals surface area contributed by atoms with Gasteiger partial charge in [-0.3, -0.25) is 4.79 Å². The van der Waals surface area contributed by atoms with Crippen LogP contribution < -0.4 is 16.4 Å². The van der Waals surface area contributed by atoms with E-state index < -0.39 is 23.4 Å². The summed E-state index contributed by atoms with van der Waals surface area (Å²) >= 11 is 1.67. The van der Waals surface area contributed by atoms with Crippen LogP contribution in [0.15, 0.2) is 24.3 Å². The third kappa shape index (κ3) is 3.70. The van der Waals surface area contributed by atoms with Crippen molar-refractivity contribution >= 4 is 35.4 Å². The fourth-order valence-electron chi connectivity index (χ4n) is 2.28. The van der Waals surface area contributed by atoms with Crippen LogP contribution in [0, 0.1) is 0 Å². The van der Waals surface area contributed by atoms with Gasteiger partial charge in [-0.15, -0.1) is 0 Å². The minimum Gasteiger partial charge on any atom is -0.480 e. The molecule has 1 aromatic rings. The maximum Gasteiger partial charge on any atom is 0.329 e. The molecule has 118 valence electrons. The molecular formula is C14H17N3O4S. The number of hydrogen-bond acceptors (Lipinski definition) is 4. The fraction of sp³-hybridized carbons (Fsp3) is 0.357. The summed E-state index contributed by atoms with van der Waals surface area (Å²) in [5.74, 6) is -0.124. The molecule has 3 amide bonds. The van der Waals surface area contributed by atoms with E-state index in [1.165, 1.54) is 6.07 Å². The molecule has 0 radical (unpaired) electrons. The van der Waals surface area contributed by atoms with Crippen molar-refractivity contribution < 1.29 is 19.5 Å². The Bertz CT molecular complexity index is 600. The third-order valence-corrected chi connectivity index (χ3v) is 4.49. The normalized spacial score (nSPS) is 16.5. The van der Waals surface area contributed by atoms with Gasteiger partial charge in [-0.1, -0.05) is 6.07 Å². The van der Waals surface area contributed by atoms with Gasteiger partial charge in [-0.05, 0) is 42.5 Å². The van der Waals surface area contributed by atoms with E-state index in [9.17, 15) is 19.5 Å². The number of nitrogens with two attached hydrogens (primary N) is 1. The number of primary amides is 1. The number of aliphatic carboxylic acids is 1. The van der Waals surface area contributed by atoms with Crippen molar-refractivity contribution in [2.24, 2.45) is 5.73 Å². The van der Waals surface area contributed by atoms with Crippen molar-refractivity contribution in [3.63, 3.8) is 0 Å². The quantitative estimate of drug-likeness (QED) is 0.664. The molecule has 1 aromatic carbocycles. The summed E-state index contributed by atoms with van der Waals surface area (Å²) in [6, 6.07) is 5.45. The van der Waals surface area contributed by atoms with E-state index in [4.69, 9.17) is 5.73 Å². The largest absolute Gasteiger partial charge is 0.480 e. The molecule has 0 saturated carbocycles. The molecule has 1 heterocycles. The Balaban J connectivity index is 2.17. The number of rotatable bonds is 4. The number of nitrogens with one attached hydrogen (secondary N) is 2. The van der Waals surface area contributed by atoms with Gasteiger partial charge >= 0.3 is 12.0 Å². The molecule has 2 rings (SSSR count). The van der Waals surface area contributed by atoms with Crippen LogP contribution in [0.5, 0.6) is 0 Å². The molecule has 0 unspecified atom stereocenters. The number of hydrogen-bond donors (Lipinski definition) is 4. The van der Waals surface area contributed by atoms with E-state index >= 15 is 0 Å². The zero-order valence-electron chi connectivity index (χ0n) is 11.8. The number of anilines is 1. The lowest BCUT2D eigenvalue weighted by molar-refractivity contribution is -0.144. The molecule has 22 heavy (non-hydrogen) atoms. The monoisotopic (exact) mass is 323 g/mol. The van der Waals surface area contributed by atoms with Crippen LogP contribution in [0.1, 0.15) is 23.2 Å². The van der Waals surface area contributed by atoms with Gasteiger partial charge in [-0.25, -0.2) is 9.59 Å². The van der Waals surface area contributed by atoms with E-state index in [-0.39, 0.29) is 5.56 Å². The zero-order valence-corrected chi connectivity index (χ0v) is 12.6.